The van der Waals surface area contributed by atoms with Gasteiger partial charge in [-0.15, -0.1) is 0 Å². The van der Waals surface area contributed by atoms with E-state index >= 15 is 0 Å². The van der Waals surface area contributed by atoms with Crippen LogP contribution in [0.5, 0.6) is 0 Å². The summed E-state index contributed by atoms with van der Waals surface area (Å²) in [5, 5.41) is 10.2. The molecular weight excluding hydrogens is 364 g/mol. The molecular formula is C29H46O. The van der Waals surface area contributed by atoms with Crippen molar-refractivity contribution in [1.82, 2.24) is 0 Å². The van der Waals surface area contributed by atoms with Crippen molar-refractivity contribution < 1.29 is 5.11 Å². The average Bonchev–Trinajstić information content (AvgIpc) is 3.17. The molecule has 1 heteroatoms. The van der Waals surface area contributed by atoms with E-state index in [1.807, 2.05) is 0 Å². The van der Waals surface area contributed by atoms with Crippen LogP contribution < -0.4 is 0 Å². The fourth-order valence-corrected chi connectivity index (χ4v) is 9.73. The number of rotatable bonds is 4. The maximum Gasteiger partial charge on any atom is 0.0577 e. The number of aliphatic hydroxyl groups is 1. The largest absolute Gasteiger partial charge is 0.393 e. The van der Waals surface area contributed by atoms with E-state index in [0.717, 1.165) is 54.3 Å². The second-order valence-corrected chi connectivity index (χ2v) is 12.9. The summed E-state index contributed by atoms with van der Waals surface area (Å²) in [6, 6.07) is 0. The monoisotopic (exact) mass is 410 g/mol. The van der Waals surface area contributed by atoms with Crippen LogP contribution >= 0.6 is 0 Å². The van der Waals surface area contributed by atoms with Gasteiger partial charge in [-0.25, -0.2) is 0 Å². The topological polar surface area (TPSA) is 20.2 Å². The minimum Gasteiger partial charge on any atom is -0.393 e. The van der Waals surface area contributed by atoms with E-state index in [9.17, 15) is 5.11 Å². The summed E-state index contributed by atoms with van der Waals surface area (Å²) >= 11 is 0. The maximum absolute atomic E-state index is 10.2. The van der Waals surface area contributed by atoms with Crippen LogP contribution in [0.2, 0.25) is 0 Å². The van der Waals surface area contributed by atoms with Crippen LogP contribution in [0.3, 0.4) is 0 Å². The van der Waals surface area contributed by atoms with E-state index < -0.39 is 0 Å². The lowest BCUT2D eigenvalue weighted by molar-refractivity contribution is -0.0574. The molecule has 5 aliphatic rings. The molecule has 1 N–H and O–H groups in total. The summed E-state index contributed by atoms with van der Waals surface area (Å²) in [6.45, 7) is 15.0. The summed E-state index contributed by atoms with van der Waals surface area (Å²) in [5.41, 5.74) is 6.07. The van der Waals surface area contributed by atoms with E-state index in [1.165, 1.54) is 44.9 Å². The molecule has 0 heterocycles. The second-order valence-electron chi connectivity index (χ2n) is 12.9. The number of allylic oxidation sites excluding steroid dienone is 3. The Morgan fingerprint density at radius 1 is 1.03 bits per heavy atom. The normalized spacial score (nSPS) is 48.7. The number of fused-ring (bicyclic) bond motifs is 5. The number of hydrogen-bond donors (Lipinski definition) is 1. The molecule has 0 aromatic heterocycles. The van der Waals surface area contributed by atoms with Crippen molar-refractivity contribution >= 4 is 0 Å². The first-order valence-corrected chi connectivity index (χ1v) is 13.2. The van der Waals surface area contributed by atoms with Crippen LogP contribution in [0.15, 0.2) is 22.8 Å². The van der Waals surface area contributed by atoms with Crippen LogP contribution in [0.25, 0.3) is 0 Å². The van der Waals surface area contributed by atoms with Crippen molar-refractivity contribution in [2.45, 2.75) is 105 Å². The first kappa shape index (κ1) is 21.3. The van der Waals surface area contributed by atoms with Gasteiger partial charge in [0, 0.05) is 5.92 Å². The molecule has 0 aromatic rings. The van der Waals surface area contributed by atoms with Crippen LogP contribution in [-0.2, 0) is 0 Å². The van der Waals surface area contributed by atoms with E-state index in [2.05, 4.69) is 47.6 Å². The zero-order valence-corrected chi connectivity index (χ0v) is 20.5. The lowest BCUT2D eigenvalue weighted by Crippen LogP contribution is -2.50. The van der Waals surface area contributed by atoms with Gasteiger partial charge in [0.25, 0.3) is 0 Å². The molecule has 0 aromatic carbocycles. The first-order chi connectivity index (χ1) is 14.2. The Kier molecular flexibility index (Phi) is 5.13. The molecule has 0 amide bonds. The van der Waals surface area contributed by atoms with Gasteiger partial charge in [0.15, 0.2) is 0 Å². The summed E-state index contributed by atoms with van der Waals surface area (Å²) in [4.78, 5) is 0. The number of hydrogen-bond acceptors (Lipinski definition) is 1. The van der Waals surface area contributed by atoms with Gasteiger partial charge >= 0.3 is 0 Å². The van der Waals surface area contributed by atoms with Gasteiger partial charge in [0.2, 0.25) is 0 Å². The highest BCUT2D eigenvalue weighted by Gasteiger charge is 2.59. The van der Waals surface area contributed by atoms with Crippen molar-refractivity contribution in [2.24, 2.45) is 52.3 Å². The molecule has 5 aliphatic carbocycles. The van der Waals surface area contributed by atoms with Gasteiger partial charge in [0.1, 0.15) is 0 Å². The third-order valence-corrected chi connectivity index (χ3v) is 11.3. The lowest BCUT2D eigenvalue weighted by atomic mass is 9.47. The van der Waals surface area contributed by atoms with E-state index in [1.54, 1.807) is 16.7 Å². The van der Waals surface area contributed by atoms with E-state index in [-0.39, 0.29) is 6.10 Å². The third-order valence-electron chi connectivity index (χ3n) is 11.3. The molecule has 0 spiro atoms. The molecule has 3 saturated carbocycles. The van der Waals surface area contributed by atoms with Crippen molar-refractivity contribution in [2.75, 3.05) is 0 Å². The molecule has 3 fully saturated rings. The highest BCUT2D eigenvalue weighted by molar-refractivity contribution is 5.40. The molecule has 0 saturated heterocycles. The zero-order valence-electron chi connectivity index (χ0n) is 20.5. The molecule has 168 valence electrons. The van der Waals surface area contributed by atoms with Gasteiger partial charge in [-0.3, -0.25) is 0 Å². The smallest absolute Gasteiger partial charge is 0.0577 e. The zero-order chi connectivity index (χ0) is 21.4. The summed E-state index contributed by atoms with van der Waals surface area (Å²) in [5.74, 6) is 6.09. The molecule has 9 atom stereocenters. The standard InChI is InChI=1S/C29H46O/c1-17(2)27-19(4)23(27)15-18(3)24-9-10-25-22-8-7-20-16-21(30)11-13-28(20,5)26(22)12-14-29(24,25)6/h7,17-18,21-26,30H,8-16H2,1-6H3/t18-,21+,22+,23+,24-,25+,26+,28+,29-/m1/s1. The summed E-state index contributed by atoms with van der Waals surface area (Å²) < 4.78 is 0. The van der Waals surface area contributed by atoms with Crippen LogP contribution in [-0.4, -0.2) is 11.2 Å². The first-order valence-electron chi connectivity index (χ1n) is 13.2. The van der Waals surface area contributed by atoms with Gasteiger partial charge < -0.3 is 5.11 Å². The Bertz CT molecular complexity index is 758. The van der Waals surface area contributed by atoms with Crippen molar-refractivity contribution in [3.63, 3.8) is 0 Å². The van der Waals surface area contributed by atoms with Gasteiger partial charge in [-0.05, 0) is 111 Å². The van der Waals surface area contributed by atoms with Crippen molar-refractivity contribution in [1.29, 1.82) is 0 Å². The highest BCUT2D eigenvalue weighted by atomic mass is 16.3. The minimum absolute atomic E-state index is 0.0818. The Labute approximate surface area is 185 Å². The van der Waals surface area contributed by atoms with Gasteiger partial charge in [-0.1, -0.05) is 57.4 Å². The predicted octanol–water partition coefficient (Wildman–Crippen LogP) is 7.55. The van der Waals surface area contributed by atoms with Crippen molar-refractivity contribution in [3.8, 4) is 0 Å². The molecule has 1 nitrogen and oxygen atoms in total. The van der Waals surface area contributed by atoms with Crippen molar-refractivity contribution in [3.05, 3.63) is 22.8 Å². The lowest BCUT2D eigenvalue weighted by Gasteiger charge is -2.58. The second kappa shape index (κ2) is 7.23. The average molecular weight is 411 g/mol. The molecule has 0 aliphatic heterocycles. The molecule has 0 unspecified atom stereocenters. The number of aliphatic hydroxyl groups excluding tert-OH is 1. The SMILES string of the molecule is CC1=C(C(C)C)[C@H]1C[C@@H](C)[C@H]1CC[C@H]2[C@@H]3CC=C4C[C@@H](O)CC[C@]4(C)[C@H]3CC[C@]12C. The molecule has 30 heavy (non-hydrogen) atoms. The van der Waals surface area contributed by atoms with Gasteiger partial charge in [-0.2, -0.15) is 0 Å². The predicted molar refractivity (Wildman–Crippen MR) is 126 cm³/mol. The molecule has 0 radical (unpaired) electrons. The molecule has 5 rings (SSSR count). The summed E-state index contributed by atoms with van der Waals surface area (Å²) in [7, 11) is 0. The van der Waals surface area contributed by atoms with Crippen LogP contribution in [0.1, 0.15) is 99.3 Å². The fourth-order valence-electron chi connectivity index (χ4n) is 9.73. The third kappa shape index (κ3) is 3.04. The Morgan fingerprint density at radius 2 is 1.80 bits per heavy atom. The van der Waals surface area contributed by atoms with Crippen LogP contribution in [0.4, 0.5) is 0 Å². The Morgan fingerprint density at radius 3 is 2.50 bits per heavy atom. The molecule has 0 bridgehead atoms. The Hall–Kier alpha value is -0.560. The maximum atomic E-state index is 10.2. The van der Waals surface area contributed by atoms with E-state index in [4.69, 9.17) is 0 Å². The fraction of sp³-hybridized carbons (Fsp3) is 0.862. The summed E-state index contributed by atoms with van der Waals surface area (Å²) in [6.07, 6.45) is 14.2. The van der Waals surface area contributed by atoms with Gasteiger partial charge in [0.05, 0.1) is 6.10 Å². The highest BCUT2D eigenvalue weighted by Crippen LogP contribution is 2.67. The quantitative estimate of drug-likeness (QED) is 0.474. The van der Waals surface area contributed by atoms with Crippen LogP contribution in [0, 0.1) is 52.3 Å². The minimum atomic E-state index is -0.0818. The Balaban J connectivity index is 1.32. The van der Waals surface area contributed by atoms with E-state index in [0.29, 0.717) is 10.8 Å².